The van der Waals surface area contributed by atoms with Crippen molar-refractivity contribution in [3.05, 3.63) is 63.5 Å². The Balaban J connectivity index is 1.64. The molecule has 0 aliphatic rings. The molecule has 138 valence electrons. The van der Waals surface area contributed by atoms with E-state index in [-0.39, 0.29) is 18.1 Å². The third-order valence-corrected chi connectivity index (χ3v) is 4.62. The van der Waals surface area contributed by atoms with E-state index in [2.05, 4.69) is 5.32 Å². The molecule has 0 aliphatic heterocycles. The SMILES string of the molecule is CCn1c(=O)n(CC(=O)Nc2ccc3c(c2)oc(=O)n3C)c2ccccc21. The van der Waals surface area contributed by atoms with E-state index in [4.69, 9.17) is 4.42 Å². The summed E-state index contributed by atoms with van der Waals surface area (Å²) in [5.41, 5.74) is 2.81. The van der Waals surface area contributed by atoms with E-state index in [9.17, 15) is 14.4 Å². The second-order valence-corrected chi connectivity index (χ2v) is 6.26. The number of imidazole rings is 1. The molecule has 0 saturated heterocycles. The van der Waals surface area contributed by atoms with Crippen LogP contribution in [0.15, 0.2) is 56.5 Å². The number of amides is 1. The molecule has 0 unspecified atom stereocenters. The second kappa shape index (κ2) is 6.31. The molecule has 4 aromatic rings. The van der Waals surface area contributed by atoms with Crippen LogP contribution in [0.3, 0.4) is 0 Å². The molecule has 2 aromatic carbocycles. The van der Waals surface area contributed by atoms with Crippen LogP contribution in [0.1, 0.15) is 6.92 Å². The van der Waals surface area contributed by atoms with Crippen molar-refractivity contribution in [3.63, 3.8) is 0 Å². The standard InChI is InChI=1S/C19H18N4O4/c1-3-22-13-6-4-5-7-14(13)23(18(22)25)11-17(24)20-12-8-9-15-16(10-12)27-19(26)21(15)2/h4-10H,3,11H2,1-2H3,(H,20,24). The Morgan fingerprint density at radius 2 is 1.74 bits per heavy atom. The smallest absolute Gasteiger partial charge is 0.408 e. The molecule has 0 spiro atoms. The number of anilines is 1. The van der Waals surface area contributed by atoms with Crippen molar-refractivity contribution in [2.45, 2.75) is 20.0 Å². The molecule has 0 aliphatic carbocycles. The minimum absolute atomic E-state index is 0.108. The fraction of sp³-hybridized carbons (Fsp3) is 0.211. The normalized spacial score (nSPS) is 11.3. The first-order valence-electron chi connectivity index (χ1n) is 8.57. The van der Waals surface area contributed by atoms with E-state index in [1.165, 1.54) is 9.13 Å². The van der Waals surface area contributed by atoms with Crippen molar-refractivity contribution < 1.29 is 9.21 Å². The summed E-state index contributed by atoms with van der Waals surface area (Å²) >= 11 is 0. The van der Waals surface area contributed by atoms with E-state index < -0.39 is 5.76 Å². The van der Waals surface area contributed by atoms with Crippen LogP contribution >= 0.6 is 0 Å². The second-order valence-electron chi connectivity index (χ2n) is 6.26. The predicted octanol–water partition coefficient (Wildman–Crippen LogP) is 1.91. The zero-order chi connectivity index (χ0) is 19.1. The van der Waals surface area contributed by atoms with E-state index >= 15 is 0 Å². The number of para-hydroxylation sites is 2. The van der Waals surface area contributed by atoms with Gasteiger partial charge in [0.05, 0.1) is 16.6 Å². The van der Waals surface area contributed by atoms with Crippen molar-refractivity contribution in [2.24, 2.45) is 7.05 Å². The van der Waals surface area contributed by atoms with Crippen LogP contribution < -0.4 is 16.8 Å². The van der Waals surface area contributed by atoms with E-state index in [0.29, 0.717) is 28.8 Å². The molecule has 8 nitrogen and oxygen atoms in total. The van der Waals surface area contributed by atoms with Gasteiger partial charge in [-0.05, 0) is 31.2 Å². The number of fused-ring (bicyclic) bond motifs is 2. The maximum absolute atomic E-state index is 12.6. The van der Waals surface area contributed by atoms with Gasteiger partial charge in [-0.2, -0.15) is 0 Å². The molecular formula is C19H18N4O4. The molecule has 1 amide bonds. The van der Waals surface area contributed by atoms with Gasteiger partial charge in [-0.15, -0.1) is 0 Å². The van der Waals surface area contributed by atoms with Gasteiger partial charge in [0.25, 0.3) is 0 Å². The summed E-state index contributed by atoms with van der Waals surface area (Å²) in [5.74, 6) is -0.805. The summed E-state index contributed by atoms with van der Waals surface area (Å²) < 4.78 is 9.61. The molecule has 0 atom stereocenters. The number of aromatic nitrogens is 3. The maximum atomic E-state index is 12.6. The number of oxazole rings is 1. The zero-order valence-electron chi connectivity index (χ0n) is 14.9. The minimum atomic E-state index is -0.465. The van der Waals surface area contributed by atoms with Crippen molar-refractivity contribution >= 4 is 33.7 Å². The van der Waals surface area contributed by atoms with Crippen molar-refractivity contribution in [3.8, 4) is 0 Å². The van der Waals surface area contributed by atoms with Crippen LogP contribution in [-0.4, -0.2) is 19.6 Å². The molecule has 0 saturated carbocycles. The predicted molar refractivity (Wildman–Crippen MR) is 102 cm³/mol. The van der Waals surface area contributed by atoms with Crippen molar-refractivity contribution in [2.75, 3.05) is 5.32 Å². The molecule has 0 bridgehead atoms. The lowest BCUT2D eigenvalue weighted by Gasteiger charge is -2.06. The number of nitrogens with one attached hydrogen (secondary N) is 1. The maximum Gasteiger partial charge on any atom is 0.419 e. The van der Waals surface area contributed by atoms with Crippen LogP contribution in [0.2, 0.25) is 0 Å². The third kappa shape index (κ3) is 2.75. The topological polar surface area (TPSA) is 91.2 Å². The van der Waals surface area contributed by atoms with E-state index in [1.54, 1.807) is 29.8 Å². The lowest BCUT2D eigenvalue weighted by atomic mass is 10.3. The van der Waals surface area contributed by atoms with Crippen LogP contribution in [0, 0.1) is 0 Å². The van der Waals surface area contributed by atoms with Gasteiger partial charge < -0.3 is 9.73 Å². The number of carbonyl (C=O) groups is 1. The molecule has 0 fully saturated rings. The summed E-state index contributed by atoms with van der Waals surface area (Å²) in [7, 11) is 1.61. The largest absolute Gasteiger partial charge is 0.419 e. The van der Waals surface area contributed by atoms with Crippen LogP contribution in [0.5, 0.6) is 0 Å². The summed E-state index contributed by atoms with van der Waals surface area (Å²) in [6, 6.07) is 12.4. The molecule has 8 heteroatoms. The average Bonchev–Trinajstić information content (AvgIpc) is 3.08. The minimum Gasteiger partial charge on any atom is -0.408 e. The highest BCUT2D eigenvalue weighted by atomic mass is 16.4. The van der Waals surface area contributed by atoms with Gasteiger partial charge in [0.2, 0.25) is 5.91 Å². The van der Waals surface area contributed by atoms with Crippen LogP contribution in [-0.2, 0) is 24.9 Å². The molecule has 4 rings (SSSR count). The van der Waals surface area contributed by atoms with Crippen molar-refractivity contribution in [1.82, 2.24) is 13.7 Å². The molecule has 0 radical (unpaired) electrons. The first kappa shape index (κ1) is 16.9. The number of benzene rings is 2. The van der Waals surface area contributed by atoms with Crippen molar-refractivity contribution in [1.29, 1.82) is 0 Å². The molecule has 1 N–H and O–H groups in total. The monoisotopic (exact) mass is 366 g/mol. The van der Waals surface area contributed by atoms with Gasteiger partial charge in [-0.1, -0.05) is 12.1 Å². The number of aryl methyl sites for hydroxylation is 2. The molecule has 2 aromatic heterocycles. The average molecular weight is 366 g/mol. The van der Waals surface area contributed by atoms with Crippen LogP contribution in [0.25, 0.3) is 22.1 Å². The summed E-state index contributed by atoms with van der Waals surface area (Å²) in [5, 5.41) is 2.75. The third-order valence-electron chi connectivity index (χ3n) is 4.62. The molecular weight excluding hydrogens is 348 g/mol. The number of rotatable bonds is 4. The van der Waals surface area contributed by atoms with Gasteiger partial charge in [-0.25, -0.2) is 9.59 Å². The Bertz CT molecular complexity index is 1290. The Kier molecular flexibility index (Phi) is 3.95. The van der Waals surface area contributed by atoms with Gasteiger partial charge in [0, 0.05) is 25.3 Å². The Morgan fingerprint density at radius 1 is 1.04 bits per heavy atom. The summed E-state index contributed by atoms with van der Waals surface area (Å²) in [6.45, 7) is 2.31. The lowest BCUT2D eigenvalue weighted by Crippen LogP contribution is -2.29. The fourth-order valence-corrected chi connectivity index (χ4v) is 3.29. The van der Waals surface area contributed by atoms with Gasteiger partial charge >= 0.3 is 11.4 Å². The van der Waals surface area contributed by atoms with Gasteiger partial charge in [0.1, 0.15) is 6.54 Å². The number of hydrogen-bond donors (Lipinski definition) is 1. The quantitative estimate of drug-likeness (QED) is 0.597. The Labute approximate surface area is 153 Å². The highest BCUT2D eigenvalue weighted by Gasteiger charge is 2.15. The lowest BCUT2D eigenvalue weighted by molar-refractivity contribution is -0.116. The number of carbonyl (C=O) groups excluding carboxylic acids is 1. The Morgan fingerprint density at radius 3 is 2.44 bits per heavy atom. The highest BCUT2D eigenvalue weighted by molar-refractivity contribution is 5.93. The molecule has 2 heterocycles. The van der Waals surface area contributed by atoms with Gasteiger partial charge in [-0.3, -0.25) is 18.5 Å². The Hall–Kier alpha value is -3.55. The fourth-order valence-electron chi connectivity index (χ4n) is 3.29. The summed E-state index contributed by atoms with van der Waals surface area (Å²) in [4.78, 5) is 36.7. The van der Waals surface area contributed by atoms with Crippen LogP contribution in [0.4, 0.5) is 5.69 Å². The van der Waals surface area contributed by atoms with Gasteiger partial charge in [0.15, 0.2) is 5.58 Å². The number of nitrogens with zero attached hydrogens (tertiary/aromatic N) is 3. The van der Waals surface area contributed by atoms with E-state index in [0.717, 1.165) is 5.52 Å². The highest BCUT2D eigenvalue weighted by Crippen LogP contribution is 2.18. The zero-order valence-corrected chi connectivity index (χ0v) is 14.9. The first-order chi connectivity index (χ1) is 13.0. The summed E-state index contributed by atoms with van der Waals surface area (Å²) in [6.07, 6.45) is 0. The molecule has 27 heavy (non-hydrogen) atoms. The number of hydrogen-bond acceptors (Lipinski definition) is 4. The van der Waals surface area contributed by atoms with E-state index in [1.807, 2.05) is 31.2 Å². The first-order valence-corrected chi connectivity index (χ1v) is 8.57.